The normalized spacial score (nSPS) is 15.7. The summed E-state index contributed by atoms with van der Waals surface area (Å²) in [5.74, 6) is -0.277. The maximum absolute atomic E-state index is 13.0. The first kappa shape index (κ1) is 16.3. The predicted octanol–water partition coefficient (Wildman–Crippen LogP) is 2.44. The van der Waals surface area contributed by atoms with Crippen LogP contribution in [0.5, 0.6) is 5.75 Å². The molecular weight excluding hydrogens is 282 g/mol. The van der Waals surface area contributed by atoms with E-state index < -0.39 is 11.4 Å². The van der Waals surface area contributed by atoms with Gasteiger partial charge in [0.25, 0.3) is 0 Å². The number of carbonyl (C=O) groups excluding carboxylic acids is 1. The molecule has 5 heteroatoms. The van der Waals surface area contributed by atoms with Crippen molar-refractivity contribution in [1.29, 1.82) is 0 Å². The van der Waals surface area contributed by atoms with E-state index in [9.17, 15) is 9.59 Å². The summed E-state index contributed by atoms with van der Waals surface area (Å²) in [4.78, 5) is 25.5. The highest BCUT2D eigenvalue weighted by molar-refractivity contribution is 5.91. The first-order chi connectivity index (χ1) is 10.5. The summed E-state index contributed by atoms with van der Waals surface area (Å²) in [6.07, 6.45) is 3.29. The molecule has 5 nitrogen and oxygen atoms in total. The van der Waals surface area contributed by atoms with Crippen LogP contribution in [0.3, 0.4) is 0 Å². The van der Waals surface area contributed by atoms with Gasteiger partial charge in [0.2, 0.25) is 5.91 Å². The fraction of sp³-hybridized carbons (Fsp3) is 0.529. The second kappa shape index (κ2) is 6.81. The zero-order chi connectivity index (χ0) is 16.2. The highest BCUT2D eigenvalue weighted by atomic mass is 16.5. The van der Waals surface area contributed by atoms with E-state index in [4.69, 9.17) is 9.84 Å². The summed E-state index contributed by atoms with van der Waals surface area (Å²) in [6, 6.07) is 7.54. The van der Waals surface area contributed by atoms with Crippen LogP contribution in [-0.2, 0) is 15.0 Å². The average Bonchev–Trinajstić information content (AvgIpc) is 2.46. The fourth-order valence-electron chi connectivity index (χ4n) is 3.05. The Hall–Kier alpha value is -2.04. The molecule has 1 N–H and O–H groups in total. The van der Waals surface area contributed by atoms with Gasteiger partial charge in [-0.3, -0.25) is 9.59 Å². The van der Waals surface area contributed by atoms with E-state index in [1.54, 1.807) is 7.11 Å². The molecule has 0 spiro atoms. The summed E-state index contributed by atoms with van der Waals surface area (Å²) >= 11 is 0. The fourth-order valence-corrected chi connectivity index (χ4v) is 3.05. The second-order valence-corrected chi connectivity index (χ2v) is 5.78. The monoisotopic (exact) mass is 305 g/mol. The molecule has 1 aromatic carbocycles. The minimum Gasteiger partial charge on any atom is -0.497 e. The van der Waals surface area contributed by atoms with Crippen molar-refractivity contribution in [3.8, 4) is 5.75 Å². The standard InChI is InChI=1S/C17H23NO4/c1-3-11-18(12-15(19)20)16(21)17(9-4-10-17)13-5-7-14(22-2)8-6-13/h5-8H,3-4,9-12H2,1-2H3,(H,19,20). The number of carbonyl (C=O) groups is 2. The Labute approximate surface area is 130 Å². The first-order valence-corrected chi connectivity index (χ1v) is 7.69. The molecular formula is C17H23NO4. The first-order valence-electron chi connectivity index (χ1n) is 7.69. The lowest BCUT2D eigenvalue weighted by molar-refractivity contribution is -0.149. The van der Waals surface area contributed by atoms with Crippen molar-refractivity contribution in [3.63, 3.8) is 0 Å². The van der Waals surface area contributed by atoms with Gasteiger partial charge >= 0.3 is 5.97 Å². The molecule has 120 valence electrons. The molecule has 0 atom stereocenters. The van der Waals surface area contributed by atoms with Crippen molar-refractivity contribution >= 4 is 11.9 Å². The molecule has 22 heavy (non-hydrogen) atoms. The van der Waals surface area contributed by atoms with E-state index in [1.807, 2.05) is 31.2 Å². The number of rotatable bonds is 7. The Morgan fingerprint density at radius 2 is 1.91 bits per heavy atom. The quantitative estimate of drug-likeness (QED) is 0.840. The molecule has 1 amide bonds. The van der Waals surface area contributed by atoms with Gasteiger partial charge in [0, 0.05) is 6.54 Å². The summed E-state index contributed by atoms with van der Waals surface area (Å²) in [6.45, 7) is 2.19. The number of aliphatic carboxylic acids is 1. The van der Waals surface area contributed by atoms with Gasteiger partial charge in [-0.2, -0.15) is 0 Å². The number of methoxy groups -OCH3 is 1. The van der Waals surface area contributed by atoms with Crippen LogP contribution in [0, 0.1) is 0 Å². The number of carboxylic acids is 1. The van der Waals surface area contributed by atoms with Crippen LogP contribution in [0.1, 0.15) is 38.2 Å². The van der Waals surface area contributed by atoms with Gasteiger partial charge in [-0.25, -0.2) is 0 Å². The number of amides is 1. The minimum absolute atomic E-state index is 0.0619. The van der Waals surface area contributed by atoms with Crippen LogP contribution in [0.15, 0.2) is 24.3 Å². The minimum atomic E-state index is -0.967. The number of ether oxygens (including phenoxy) is 1. The smallest absolute Gasteiger partial charge is 0.323 e. The molecule has 1 aliphatic carbocycles. The Morgan fingerprint density at radius 3 is 2.32 bits per heavy atom. The van der Waals surface area contributed by atoms with Gasteiger partial charge in [0.15, 0.2) is 0 Å². The highest BCUT2D eigenvalue weighted by Gasteiger charge is 2.47. The number of hydrogen-bond donors (Lipinski definition) is 1. The number of hydrogen-bond acceptors (Lipinski definition) is 3. The lowest BCUT2D eigenvalue weighted by Gasteiger charge is -2.43. The van der Waals surface area contributed by atoms with Gasteiger partial charge in [0.1, 0.15) is 12.3 Å². The molecule has 1 saturated carbocycles. The Morgan fingerprint density at radius 1 is 1.27 bits per heavy atom. The Kier molecular flexibility index (Phi) is 5.06. The summed E-state index contributed by atoms with van der Waals surface area (Å²) in [5.41, 5.74) is 0.396. The van der Waals surface area contributed by atoms with Crippen LogP contribution in [0.25, 0.3) is 0 Å². The number of benzene rings is 1. The van der Waals surface area contributed by atoms with Gasteiger partial charge in [0.05, 0.1) is 12.5 Å². The van der Waals surface area contributed by atoms with Crippen LogP contribution < -0.4 is 4.74 Å². The zero-order valence-corrected chi connectivity index (χ0v) is 13.2. The molecule has 0 aromatic heterocycles. The lowest BCUT2D eigenvalue weighted by atomic mass is 9.63. The summed E-state index contributed by atoms with van der Waals surface area (Å²) < 4.78 is 5.16. The third-order valence-corrected chi connectivity index (χ3v) is 4.37. The van der Waals surface area contributed by atoms with Crippen molar-refractivity contribution in [1.82, 2.24) is 4.90 Å². The third-order valence-electron chi connectivity index (χ3n) is 4.37. The van der Waals surface area contributed by atoms with Crippen molar-refractivity contribution in [2.24, 2.45) is 0 Å². The van der Waals surface area contributed by atoms with E-state index in [0.29, 0.717) is 6.54 Å². The van der Waals surface area contributed by atoms with Crippen molar-refractivity contribution in [2.45, 2.75) is 38.0 Å². The predicted molar refractivity (Wildman–Crippen MR) is 83.0 cm³/mol. The van der Waals surface area contributed by atoms with Crippen LogP contribution in [-0.4, -0.2) is 42.1 Å². The SMILES string of the molecule is CCCN(CC(=O)O)C(=O)C1(c2ccc(OC)cc2)CCC1. The summed E-state index contributed by atoms with van der Waals surface area (Å²) in [7, 11) is 1.61. The molecule has 1 aliphatic rings. The number of carboxylic acid groups (broad SMARTS) is 1. The third kappa shape index (κ3) is 3.08. The molecule has 1 fully saturated rings. The van der Waals surface area contributed by atoms with E-state index in [2.05, 4.69) is 0 Å². The molecule has 0 heterocycles. The second-order valence-electron chi connectivity index (χ2n) is 5.78. The Bertz CT molecular complexity index is 534. The molecule has 1 aromatic rings. The van der Waals surface area contributed by atoms with E-state index in [-0.39, 0.29) is 12.5 Å². The molecule has 0 unspecified atom stereocenters. The van der Waals surface area contributed by atoms with Crippen LogP contribution >= 0.6 is 0 Å². The maximum atomic E-state index is 13.0. The van der Waals surface area contributed by atoms with Crippen molar-refractivity contribution in [2.75, 3.05) is 20.2 Å². The van der Waals surface area contributed by atoms with Gasteiger partial charge in [-0.15, -0.1) is 0 Å². The van der Waals surface area contributed by atoms with E-state index >= 15 is 0 Å². The topological polar surface area (TPSA) is 66.8 Å². The van der Waals surface area contributed by atoms with E-state index in [1.165, 1.54) is 4.90 Å². The largest absolute Gasteiger partial charge is 0.497 e. The van der Waals surface area contributed by atoms with Crippen LogP contribution in [0.2, 0.25) is 0 Å². The van der Waals surface area contributed by atoms with Gasteiger partial charge < -0.3 is 14.7 Å². The van der Waals surface area contributed by atoms with Crippen LogP contribution in [0.4, 0.5) is 0 Å². The molecule has 0 bridgehead atoms. The Balaban J connectivity index is 2.27. The number of nitrogens with zero attached hydrogens (tertiary/aromatic N) is 1. The van der Waals surface area contributed by atoms with Gasteiger partial charge in [-0.05, 0) is 37.0 Å². The lowest BCUT2D eigenvalue weighted by Crippen LogP contribution is -2.52. The highest BCUT2D eigenvalue weighted by Crippen LogP contribution is 2.45. The molecule has 2 rings (SSSR count). The zero-order valence-electron chi connectivity index (χ0n) is 13.2. The molecule has 0 aliphatic heterocycles. The van der Waals surface area contributed by atoms with E-state index in [0.717, 1.165) is 37.0 Å². The van der Waals surface area contributed by atoms with Crippen molar-refractivity contribution in [3.05, 3.63) is 29.8 Å². The van der Waals surface area contributed by atoms with Gasteiger partial charge in [-0.1, -0.05) is 25.5 Å². The molecule has 0 radical (unpaired) electrons. The average molecular weight is 305 g/mol. The van der Waals surface area contributed by atoms with Crippen molar-refractivity contribution < 1.29 is 19.4 Å². The summed E-state index contributed by atoms with van der Waals surface area (Å²) in [5, 5.41) is 9.04. The molecule has 0 saturated heterocycles. The maximum Gasteiger partial charge on any atom is 0.323 e.